The van der Waals surface area contributed by atoms with Gasteiger partial charge >= 0.3 is 11.9 Å². The Kier molecular flexibility index (Phi) is 8.52. The number of benzene rings is 2. The van der Waals surface area contributed by atoms with E-state index in [4.69, 9.17) is 4.74 Å². The van der Waals surface area contributed by atoms with E-state index in [1.165, 1.54) is 6.92 Å². The zero-order chi connectivity index (χ0) is 22.1. The van der Waals surface area contributed by atoms with Crippen LogP contribution in [0.1, 0.15) is 25.3 Å². The van der Waals surface area contributed by atoms with Crippen molar-refractivity contribution in [1.29, 1.82) is 0 Å². The molecule has 1 heterocycles. The third-order valence-corrected chi connectivity index (χ3v) is 5.29. The van der Waals surface area contributed by atoms with Crippen molar-refractivity contribution in [1.82, 2.24) is 21.3 Å². The van der Waals surface area contributed by atoms with Gasteiger partial charge in [0.25, 0.3) is 0 Å². The first-order valence-electron chi connectivity index (χ1n) is 10.7. The Labute approximate surface area is 182 Å². The minimum Gasteiger partial charge on any atom is -0.391 e. The van der Waals surface area contributed by atoms with Crippen molar-refractivity contribution in [3.05, 3.63) is 48.0 Å². The molecule has 0 aromatic heterocycles. The van der Waals surface area contributed by atoms with Crippen molar-refractivity contribution in [3.8, 4) is 0 Å². The molecule has 1 aliphatic rings. The quantitative estimate of drug-likeness (QED) is 0.329. The third-order valence-electron chi connectivity index (χ3n) is 5.29. The van der Waals surface area contributed by atoms with Crippen LogP contribution in [-0.2, 0) is 25.7 Å². The zero-order valence-corrected chi connectivity index (χ0v) is 17.8. The molecule has 166 valence electrons. The van der Waals surface area contributed by atoms with Crippen molar-refractivity contribution in [2.45, 2.75) is 38.4 Å². The number of hydrogen-bond acceptors (Lipinski definition) is 7. The molecule has 1 unspecified atom stereocenters. The summed E-state index contributed by atoms with van der Waals surface area (Å²) in [6.07, 6.45) is 2.11. The van der Waals surface area contributed by atoms with Gasteiger partial charge in [0.1, 0.15) is 6.04 Å². The number of ether oxygens (including phenoxy) is 1. The summed E-state index contributed by atoms with van der Waals surface area (Å²) in [6.45, 7) is 3.35. The van der Waals surface area contributed by atoms with Crippen LogP contribution in [0.5, 0.6) is 0 Å². The van der Waals surface area contributed by atoms with Gasteiger partial charge in [-0.25, -0.2) is 4.79 Å². The van der Waals surface area contributed by atoms with Crippen LogP contribution in [0.3, 0.4) is 0 Å². The molecular weight excluding hydrogens is 396 g/mol. The van der Waals surface area contributed by atoms with Crippen LogP contribution in [0.15, 0.2) is 42.5 Å². The number of fused-ring (bicyclic) bond motifs is 1. The molecule has 0 spiro atoms. The summed E-state index contributed by atoms with van der Waals surface area (Å²) < 4.78 is 5.01. The van der Waals surface area contributed by atoms with Crippen LogP contribution in [-0.4, -0.2) is 56.1 Å². The highest BCUT2D eigenvalue weighted by Gasteiger charge is 2.24. The van der Waals surface area contributed by atoms with E-state index in [0.717, 1.165) is 35.7 Å². The fraction of sp³-hybridized carbons (Fsp3) is 0.435. The summed E-state index contributed by atoms with van der Waals surface area (Å²) in [5, 5.41) is 14.3. The predicted molar refractivity (Wildman–Crippen MR) is 118 cm³/mol. The van der Waals surface area contributed by atoms with E-state index in [1.54, 1.807) is 0 Å². The lowest BCUT2D eigenvalue weighted by atomic mass is 10.0. The highest BCUT2D eigenvalue weighted by Crippen LogP contribution is 2.18. The van der Waals surface area contributed by atoms with Crippen LogP contribution >= 0.6 is 0 Å². The first kappa shape index (κ1) is 22.9. The number of carbonyl (C=O) groups is 3. The third kappa shape index (κ3) is 7.13. The van der Waals surface area contributed by atoms with Gasteiger partial charge in [0.05, 0.1) is 6.54 Å². The second-order valence-corrected chi connectivity index (χ2v) is 7.73. The Bertz CT molecular complexity index is 906. The van der Waals surface area contributed by atoms with E-state index in [-0.39, 0.29) is 25.0 Å². The normalized spacial score (nSPS) is 16.7. The lowest BCUT2D eigenvalue weighted by molar-refractivity contribution is -0.160. The van der Waals surface area contributed by atoms with Gasteiger partial charge in [-0.1, -0.05) is 42.5 Å². The molecule has 31 heavy (non-hydrogen) atoms. The minimum atomic E-state index is -0.784. The van der Waals surface area contributed by atoms with Crippen LogP contribution in [0.2, 0.25) is 0 Å². The molecule has 0 saturated carbocycles. The molecule has 8 heteroatoms. The fourth-order valence-electron chi connectivity index (χ4n) is 3.67. The van der Waals surface area contributed by atoms with Crippen molar-refractivity contribution in [3.63, 3.8) is 0 Å². The molecule has 2 aromatic rings. The number of amides is 1. The smallest absolute Gasteiger partial charge is 0.332 e. The van der Waals surface area contributed by atoms with E-state index in [9.17, 15) is 14.4 Å². The Morgan fingerprint density at radius 2 is 1.97 bits per heavy atom. The average molecular weight is 427 g/mol. The van der Waals surface area contributed by atoms with Gasteiger partial charge in [0.15, 0.2) is 0 Å². The summed E-state index contributed by atoms with van der Waals surface area (Å²) in [5.74, 6) is -1.59. The highest BCUT2D eigenvalue weighted by atomic mass is 16.6. The molecule has 2 atom stereocenters. The van der Waals surface area contributed by atoms with Gasteiger partial charge in [-0.2, -0.15) is 0 Å². The standard InChI is InChI=1S/C23H30N4O4/c1-16(28)26-14-21(27-13-19-9-5-11-25-19)23(30)31-22(29)15-24-12-18-8-4-7-17-6-2-3-10-20(17)18/h2-4,6-8,10,19,21,24-25,27H,5,9,11-15H2,1H3,(H,26,28)/t19?,21-/m0/s1. The van der Waals surface area contributed by atoms with Crippen molar-refractivity contribution in [2.24, 2.45) is 0 Å². The molecule has 1 fully saturated rings. The van der Waals surface area contributed by atoms with Crippen LogP contribution < -0.4 is 21.3 Å². The second kappa shape index (κ2) is 11.5. The zero-order valence-electron chi connectivity index (χ0n) is 17.8. The largest absolute Gasteiger partial charge is 0.391 e. The monoisotopic (exact) mass is 426 g/mol. The summed E-state index contributed by atoms with van der Waals surface area (Å²) >= 11 is 0. The second-order valence-electron chi connectivity index (χ2n) is 7.73. The molecule has 0 bridgehead atoms. The van der Waals surface area contributed by atoms with E-state index in [0.29, 0.717) is 13.1 Å². The lowest BCUT2D eigenvalue weighted by Gasteiger charge is -2.19. The molecule has 0 radical (unpaired) electrons. The topological polar surface area (TPSA) is 109 Å². The van der Waals surface area contributed by atoms with Crippen molar-refractivity contribution >= 4 is 28.6 Å². The average Bonchev–Trinajstić information content (AvgIpc) is 3.27. The highest BCUT2D eigenvalue weighted by molar-refractivity contribution is 5.90. The maximum Gasteiger partial charge on any atom is 0.332 e. The molecule has 2 aromatic carbocycles. The summed E-state index contributed by atoms with van der Waals surface area (Å²) in [4.78, 5) is 35.9. The van der Waals surface area contributed by atoms with Gasteiger partial charge in [0.2, 0.25) is 5.91 Å². The number of hydrogen-bond donors (Lipinski definition) is 4. The van der Waals surface area contributed by atoms with E-state index in [2.05, 4.69) is 21.3 Å². The first-order chi connectivity index (χ1) is 15.0. The van der Waals surface area contributed by atoms with E-state index < -0.39 is 18.0 Å². The maximum atomic E-state index is 12.5. The Hall–Kier alpha value is -2.81. The SMILES string of the molecule is CC(=O)NC[C@H](NCC1CCCN1)C(=O)OC(=O)CNCc1cccc2ccccc12. The van der Waals surface area contributed by atoms with Gasteiger partial charge in [-0.15, -0.1) is 0 Å². The van der Waals surface area contributed by atoms with Crippen LogP contribution in [0.25, 0.3) is 10.8 Å². The first-order valence-corrected chi connectivity index (χ1v) is 10.7. The number of esters is 2. The molecule has 0 aliphatic carbocycles. The van der Waals surface area contributed by atoms with E-state index >= 15 is 0 Å². The minimum absolute atomic E-state index is 0.0671. The van der Waals surface area contributed by atoms with E-state index in [1.807, 2.05) is 42.5 Å². The molecule has 1 aliphatic heterocycles. The number of rotatable bonds is 10. The molecule has 1 amide bonds. The molecular formula is C23H30N4O4. The predicted octanol–water partition coefficient (Wildman–Crippen LogP) is 0.846. The van der Waals surface area contributed by atoms with Gasteiger partial charge < -0.3 is 26.0 Å². The summed E-state index contributed by atoms with van der Waals surface area (Å²) in [5.41, 5.74) is 1.06. The summed E-state index contributed by atoms with van der Waals surface area (Å²) in [7, 11) is 0. The molecule has 1 saturated heterocycles. The Morgan fingerprint density at radius 1 is 1.16 bits per heavy atom. The Morgan fingerprint density at radius 3 is 2.74 bits per heavy atom. The van der Waals surface area contributed by atoms with Crippen molar-refractivity contribution < 1.29 is 19.1 Å². The maximum absolute atomic E-state index is 12.5. The molecule has 4 N–H and O–H groups in total. The summed E-state index contributed by atoms with van der Waals surface area (Å²) in [6, 6.07) is 13.5. The number of carbonyl (C=O) groups excluding carboxylic acids is 3. The van der Waals surface area contributed by atoms with Gasteiger partial charge in [-0.3, -0.25) is 9.59 Å². The van der Waals surface area contributed by atoms with Gasteiger partial charge in [-0.05, 0) is 35.7 Å². The van der Waals surface area contributed by atoms with Crippen LogP contribution in [0.4, 0.5) is 0 Å². The fourth-order valence-corrected chi connectivity index (χ4v) is 3.67. The van der Waals surface area contributed by atoms with Gasteiger partial charge in [0, 0.05) is 32.6 Å². The van der Waals surface area contributed by atoms with Crippen molar-refractivity contribution in [2.75, 3.05) is 26.2 Å². The molecule has 3 rings (SSSR count). The Balaban J connectivity index is 1.48. The molecule has 8 nitrogen and oxygen atoms in total. The number of nitrogens with one attached hydrogen (secondary N) is 4. The van der Waals surface area contributed by atoms with Crippen LogP contribution in [0, 0.1) is 0 Å². The lowest BCUT2D eigenvalue weighted by Crippen LogP contribution is -2.50.